The summed E-state index contributed by atoms with van der Waals surface area (Å²) in [7, 11) is 1.55. The van der Waals surface area contributed by atoms with Gasteiger partial charge in [0.15, 0.2) is 0 Å². The van der Waals surface area contributed by atoms with E-state index in [0.29, 0.717) is 6.04 Å². The summed E-state index contributed by atoms with van der Waals surface area (Å²) < 4.78 is 4.69. The Kier molecular flexibility index (Phi) is 10.3. The van der Waals surface area contributed by atoms with Crippen molar-refractivity contribution in [2.75, 3.05) is 0 Å². The molecule has 0 aliphatic rings. The van der Waals surface area contributed by atoms with Gasteiger partial charge < -0.3 is 9.53 Å². The predicted octanol–water partition coefficient (Wildman–Crippen LogP) is -1.33. The van der Waals surface area contributed by atoms with Crippen molar-refractivity contribution in [1.82, 2.24) is 0 Å². The summed E-state index contributed by atoms with van der Waals surface area (Å²) in [4.78, 5) is 9.40. The highest BCUT2D eigenvalue weighted by Crippen LogP contribution is 1.79. The first kappa shape index (κ1) is 12.2. The van der Waals surface area contributed by atoms with Crippen molar-refractivity contribution < 1.29 is 14.3 Å². The lowest BCUT2D eigenvalue weighted by Gasteiger charge is -1.89. The van der Waals surface area contributed by atoms with Crippen molar-refractivity contribution >= 4 is 26.7 Å². The molecule has 3 nitrogen and oxygen atoms in total. The summed E-state index contributed by atoms with van der Waals surface area (Å²) in [6.07, 6.45) is 0. The van der Waals surface area contributed by atoms with Gasteiger partial charge in [-0.25, -0.2) is 0 Å². The molecule has 0 rings (SSSR count). The highest BCUT2D eigenvalue weighted by molar-refractivity contribution is 6.18. The van der Waals surface area contributed by atoms with E-state index in [1.165, 1.54) is 0 Å². The van der Waals surface area contributed by atoms with Crippen molar-refractivity contribution in [2.24, 2.45) is 0 Å². The number of aliphatic carboxylic acids is 1. The second-order valence-corrected chi connectivity index (χ2v) is 2.77. The van der Waals surface area contributed by atoms with Gasteiger partial charge in [-0.1, -0.05) is 6.58 Å². The number of carboxylic acid groups (broad SMARTS) is 1. The van der Waals surface area contributed by atoms with Gasteiger partial charge in [-0.15, -0.1) is 0 Å². The van der Waals surface area contributed by atoms with Crippen molar-refractivity contribution in [2.45, 2.75) is 13.0 Å². The SMILES string of the molecule is C=C(C)O[SiH3].O=C(O)C[SiH3]. The average molecular weight is 178 g/mol. The largest absolute Gasteiger partial charge is 0.557 e. The van der Waals surface area contributed by atoms with Crippen LogP contribution in [0.2, 0.25) is 6.04 Å². The zero-order chi connectivity index (χ0) is 8.57. The van der Waals surface area contributed by atoms with Gasteiger partial charge in [0.1, 0.15) is 0 Å². The normalized spacial score (nSPS) is 7.70. The number of carbonyl (C=O) groups is 1. The second-order valence-electron chi connectivity index (χ2n) is 1.65. The molecule has 0 radical (unpaired) electrons. The summed E-state index contributed by atoms with van der Waals surface area (Å²) in [6, 6.07) is 0.361. The van der Waals surface area contributed by atoms with Gasteiger partial charge in [-0.2, -0.15) is 0 Å². The fourth-order valence-corrected chi connectivity index (χ4v) is 0. The van der Waals surface area contributed by atoms with E-state index in [4.69, 9.17) is 9.53 Å². The molecule has 0 spiro atoms. The number of carboxylic acids is 1. The molecule has 0 atom stereocenters. The monoisotopic (exact) mass is 178 g/mol. The molecule has 0 saturated heterocycles. The van der Waals surface area contributed by atoms with Gasteiger partial charge in [0, 0.05) is 16.3 Å². The van der Waals surface area contributed by atoms with Crippen molar-refractivity contribution in [3.8, 4) is 0 Å². The standard InChI is InChI=1S/C3H8OSi.C2H6O2Si/c1-3(2)4-5;3-2(4)1-5/h1H2,2,5H3;1H2,5H3,(H,3,4). The molecule has 0 aromatic carbocycles. The van der Waals surface area contributed by atoms with Gasteiger partial charge in [0.25, 0.3) is 5.97 Å². The fourth-order valence-electron chi connectivity index (χ4n) is 0. The van der Waals surface area contributed by atoms with Gasteiger partial charge >= 0.3 is 0 Å². The third-order valence-corrected chi connectivity index (χ3v) is 1.95. The number of hydrogen-bond acceptors (Lipinski definition) is 2. The first-order valence-electron chi connectivity index (χ1n) is 2.95. The van der Waals surface area contributed by atoms with Crippen LogP contribution in [-0.4, -0.2) is 31.8 Å². The minimum Gasteiger partial charge on any atom is -0.557 e. The molecule has 5 heteroatoms. The molecule has 0 bridgehead atoms. The van der Waals surface area contributed by atoms with Crippen LogP contribution < -0.4 is 0 Å². The maximum atomic E-state index is 9.40. The lowest BCUT2D eigenvalue weighted by atomic mass is 10.7. The van der Waals surface area contributed by atoms with Crippen LogP contribution in [0.15, 0.2) is 12.3 Å². The van der Waals surface area contributed by atoms with Gasteiger partial charge in [-0.05, 0) is 6.92 Å². The molecule has 0 unspecified atom stereocenters. The summed E-state index contributed by atoms with van der Waals surface area (Å²) >= 11 is 0. The van der Waals surface area contributed by atoms with E-state index in [9.17, 15) is 4.79 Å². The van der Waals surface area contributed by atoms with Gasteiger partial charge in [0.05, 0.1) is 5.76 Å². The summed E-state index contributed by atoms with van der Waals surface area (Å²) in [5.41, 5.74) is 0. The molecule has 0 aromatic heterocycles. The Hall–Kier alpha value is -0.556. The molecule has 10 heavy (non-hydrogen) atoms. The lowest BCUT2D eigenvalue weighted by molar-refractivity contribution is -0.134. The van der Waals surface area contributed by atoms with Crippen LogP contribution in [0.3, 0.4) is 0 Å². The molecule has 0 amide bonds. The predicted molar refractivity (Wildman–Crippen MR) is 48.2 cm³/mol. The van der Waals surface area contributed by atoms with Crippen molar-refractivity contribution in [3.63, 3.8) is 0 Å². The lowest BCUT2D eigenvalue weighted by Crippen LogP contribution is -1.89. The van der Waals surface area contributed by atoms with Crippen molar-refractivity contribution in [3.05, 3.63) is 12.3 Å². The Morgan fingerprint density at radius 1 is 1.80 bits per heavy atom. The minimum atomic E-state index is -0.684. The maximum Gasteiger partial charge on any atom is 0.299 e. The Morgan fingerprint density at radius 2 is 2.00 bits per heavy atom. The Bertz CT molecular complexity index is 99.5. The molecule has 0 aliphatic carbocycles. The van der Waals surface area contributed by atoms with E-state index in [1.54, 1.807) is 0 Å². The van der Waals surface area contributed by atoms with E-state index < -0.39 is 5.97 Å². The van der Waals surface area contributed by atoms with Crippen molar-refractivity contribution in [1.29, 1.82) is 0 Å². The van der Waals surface area contributed by atoms with Crippen LogP contribution in [-0.2, 0) is 9.22 Å². The van der Waals surface area contributed by atoms with Gasteiger partial charge in [0.2, 0.25) is 10.5 Å². The van der Waals surface area contributed by atoms with Gasteiger partial charge in [-0.3, -0.25) is 4.79 Å². The maximum absolute atomic E-state index is 9.40. The fraction of sp³-hybridized carbons (Fsp3) is 0.400. The smallest absolute Gasteiger partial charge is 0.299 e. The van der Waals surface area contributed by atoms with E-state index in [2.05, 4.69) is 6.58 Å². The zero-order valence-electron chi connectivity index (χ0n) is 6.68. The van der Waals surface area contributed by atoms with E-state index >= 15 is 0 Å². The Morgan fingerprint density at radius 3 is 2.00 bits per heavy atom. The summed E-state index contributed by atoms with van der Waals surface area (Å²) in [6.45, 7) is 5.33. The number of hydrogen-bond donors (Lipinski definition) is 1. The van der Waals surface area contributed by atoms with Crippen LogP contribution in [0.4, 0.5) is 0 Å². The molecule has 0 fully saturated rings. The Labute approximate surface area is 67.0 Å². The zero-order valence-corrected chi connectivity index (χ0v) is 10.7. The molecular formula is C5H14O3Si2. The molecule has 0 saturated carbocycles. The average Bonchev–Trinajstić information content (AvgIpc) is 1.89. The van der Waals surface area contributed by atoms with E-state index in [1.807, 2.05) is 6.92 Å². The summed E-state index contributed by atoms with van der Waals surface area (Å²) in [5, 5.41) is 7.76. The molecule has 0 aromatic rings. The van der Waals surface area contributed by atoms with E-state index in [0.717, 1.165) is 26.5 Å². The van der Waals surface area contributed by atoms with Crippen LogP contribution >= 0.6 is 0 Å². The highest BCUT2D eigenvalue weighted by atomic mass is 28.2. The molecule has 1 N–H and O–H groups in total. The van der Waals surface area contributed by atoms with E-state index in [-0.39, 0.29) is 0 Å². The Balaban J connectivity index is 0. The van der Waals surface area contributed by atoms with Crippen LogP contribution in [0.1, 0.15) is 6.92 Å². The third-order valence-electron chi connectivity index (χ3n) is 0.651. The topological polar surface area (TPSA) is 46.5 Å². The number of allylic oxidation sites excluding steroid dienone is 1. The van der Waals surface area contributed by atoms with Crippen LogP contribution in [0.5, 0.6) is 0 Å². The molecule has 60 valence electrons. The first-order chi connectivity index (χ1) is 4.54. The summed E-state index contributed by atoms with van der Waals surface area (Å²) in [5.74, 6) is 0.133. The quantitative estimate of drug-likeness (QED) is 0.421. The highest BCUT2D eigenvalue weighted by Gasteiger charge is 1.81. The van der Waals surface area contributed by atoms with Crippen LogP contribution in [0.25, 0.3) is 0 Å². The molecular weight excluding hydrogens is 164 g/mol. The first-order valence-corrected chi connectivity index (χ1v) is 5.19. The second kappa shape index (κ2) is 8.44. The molecule has 0 heterocycles. The number of rotatable bonds is 2. The third kappa shape index (κ3) is 26.1. The minimum absolute atomic E-state index is 0.361. The van der Waals surface area contributed by atoms with Crippen LogP contribution in [0, 0.1) is 0 Å². The molecule has 0 aliphatic heterocycles.